The van der Waals surface area contributed by atoms with Gasteiger partial charge in [-0.25, -0.2) is 12.2 Å². The molecule has 0 saturated carbocycles. The van der Waals surface area contributed by atoms with Gasteiger partial charge in [0.15, 0.2) is 0 Å². The monoisotopic (exact) mass is 175 g/mol. The van der Waals surface area contributed by atoms with Crippen molar-refractivity contribution in [3.8, 4) is 0 Å². The Morgan fingerprint density at radius 3 is 2.14 bits per heavy atom. The summed E-state index contributed by atoms with van der Waals surface area (Å²) in [6.07, 6.45) is 10.0. The fourth-order valence-corrected chi connectivity index (χ4v) is 0.340. The van der Waals surface area contributed by atoms with E-state index in [-0.39, 0.29) is 34.1 Å². The first-order valence-corrected chi connectivity index (χ1v) is 1.72. The molecule has 2 heteroatoms. The van der Waals surface area contributed by atoms with Crippen molar-refractivity contribution in [1.29, 1.82) is 0 Å². The molecule has 1 rings (SSSR count). The average molecular weight is 175 g/mol. The molecular weight excluding hydrogens is 170 g/mol. The third-order valence-corrected chi connectivity index (χ3v) is 0.586. The molecule has 0 spiro atoms. The van der Waals surface area contributed by atoms with Gasteiger partial charge in [-0.2, -0.15) is 6.08 Å². The first kappa shape index (κ1) is 10.5. The fraction of sp³-hybridized carbons (Fsp3) is 0.200. The predicted molar refractivity (Wildman–Crippen MR) is 21.6 cm³/mol. The third-order valence-electron chi connectivity index (χ3n) is 0.586. The van der Waals surface area contributed by atoms with Gasteiger partial charge >= 0.3 is 0 Å². The molecule has 0 aromatic heterocycles. The van der Waals surface area contributed by atoms with Crippen LogP contribution in [-0.4, -0.2) is 0 Å². The van der Waals surface area contributed by atoms with E-state index in [2.05, 4.69) is 12.2 Å². The van der Waals surface area contributed by atoms with E-state index in [1.54, 1.807) is 0 Å². The summed E-state index contributed by atoms with van der Waals surface area (Å²) in [4.78, 5) is 0. The quantitative estimate of drug-likeness (QED) is 0.384. The van der Waals surface area contributed by atoms with Gasteiger partial charge in [-0.15, -0.1) is 6.42 Å². The first-order chi connectivity index (χ1) is 2.50. The van der Waals surface area contributed by atoms with Gasteiger partial charge in [-0.05, 0) is 0 Å². The molecule has 0 unspecified atom stereocenters. The summed E-state index contributed by atoms with van der Waals surface area (Å²) in [6, 6.07) is 0. The Morgan fingerprint density at radius 2 is 2.00 bits per heavy atom. The minimum absolute atomic E-state index is 0. The van der Waals surface area contributed by atoms with Crippen LogP contribution < -0.4 is 0 Å². The second-order valence-corrected chi connectivity index (χ2v) is 1.00. The van der Waals surface area contributed by atoms with Crippen molar-refractivity contribution in [3.05, 3.63) is 24.3 Å². The molecular formula is C5H5Mn2-. The summed E-state index contributed by atoms with van der Waals surface area (Å²) in [5.74, 6) is 0. The van der Waals surface area contributed by atoms with Gasteiger partial charge in [-0.1, -0.05) is 0 Å². The van der Waals surface area contributed by atoms with E-state index in [1.807, 2.05) is 12.2 Å². The Hall–Kier alpha value is 0.519. The zero-order valence-corrected chi connectivity index (χ0v) is 6.06. The smallest absolute Gasteiger partial charge is 0 e. The van der Waals surface area contributed by atoms with Crippen molar-refractivity contribution in [2.45, 2.75) is 6.42 Å². The second-order valence-electron chi connectivity index (χ2n) is 1.00. The SMILES string of the molecule is [C-]1=CC=CC1.[Mn].[Mn]. The van der Waals surface area contributed by atoms with Crippen LogP contribution in [0.4, 0.5) is 0 Å². The van der Waals surface area contributed by atoms with Gasteiger partial charge in [-0.3, -0.25) is 6.08 Å². The van der Waals surface area contributed by atoms with Crippen LogP contribution in [0.25, 0.3) is 0 Å². The Morgan fingerprint density at radius 1 is 1.29 bits per heavy atom. The van der Waals surface area contributed by atoms with Crippen molar-refractivity contribution in [1.82, 2.24) is 0 Å². The maximum Gasteiger partial charge on any atom is 0 e. The van der Waals surface area contributed by atoms with E-state index in [9.17, 15) is 0 Å². The molecule has 1 aliphatic carbocycles. The van der Waals surface area contributed by atoms with E-state index in [0.29, 0.717) is 0 Å². The van der Waals surface area contributed by atoms with Gasteiger partial charge < -0.3 is 0 Å². The molecule has 0 aromatic carbocycles. The molecule has 0 fully saturated rings. The Kier molecular flexibility index (Phi) is 9.77. The minimum atomic E-state index is 0. The van der Waals surface area contributed by atoms with Crippen LogP contribution in [0.2, 0.25) is 0 Å². The molecule has 0 atom stereocenters. The average Bonchev–Trinajstić information content (AvgIpc) is 1.76. The number of hydrogen-bond donors (Lipinski definition) is 0. The Balaban J connectivity index is 0. The molecule has 0 amide bonds. The van der Waals surface area contributed by atoms with Crippen LogP contribution >= 0.6 is 0 Å². The number of hydrogen-bond acceptors (Lipinski definition) is 0. The Labute approximate surface area is 65.0 Å². The van der Waals surface area contributed by atoms with Crippen LogP contribution in [0, 0.1) is 6.08 Å². The van der Waals surface area contributed by atoms with Crippen molar-refractivity contribution >= 4 is 0 Å². The zero-order chi connectivity index (χ0) is 3.54. The third kappa shape index (κ3) is 4.37. The summed E-state index contributed by atoms with van der Waals surface area (Å²) in [6.45, 7) is 0. The summed E-state index contributed by atoms with van der Waals surface area (Å²) in [5.41, 5.74) is 0. The van der Waals surface area contributed by atoms with Crippen molar-refractivity contribution in [2.75, 3.05) is 0 Å². The van der Waals surface area contributed by atoms with E-state index >= 15 is 0 Å². The van der Waals surface area contributed by atoms with Crippen LogP contribution in [0.15, 0.2) is 18.2 Å². The fourth-order valence-electron chi connectivity index (χ4n) is 0.340. The van der Waals surface area contributed by atoms with Crippen molar-refractivity contribution in [2.24, 2.45) is 0 Å². The summed E-state index contributed by atoms with van der Waals surface area (Å²) >= 11 is 0. The minimum Gasteiger partial charge on any atom is -0.273 e. The maximum absolute atomic E-state index is 2.99. The molecule has 0 bridgehead atoms. The van der Waals surface area contributed by atoms with Gasteiger partial charge in [0, 0.05) is 34.1 Å². The Bertz CT molecular complexity index is 64.1. The molecule has 0 nitrogen and oxygen atoms in total. The molecule has 0 aliphatic heterocycles. The molecule has 40 valence electrons. The largest absolute Gasteiger partial charge is 0.273 e. The number of rotatable bonds is 0. The molecule has 0 saturated heterocycles. The van der Waals surface area contributed by atoms with Crippen LogP contribution in [0.1, 0.15) is 6.42 Å². The van der Waals surface area contributed by atoms with Gasteiger partial charge in [0.05, 0.1) is 0 Å². The molecule has 0 aromatic rings. The molecule has 7 heavy (non-hydrogen) atoms. The van der Waals surface area contributed by atoms with E-state index in [0.717, 1.165) is 6.42 Å². The van der Waals surface area contributed by atoms with Crippen LogP contribution in [0.5, 0.6) is 0 Å². The maximum atomic E-state index is 2.99. The van der Waals surface area contributed by atoms with E-state index < -0.39 is 0 Å². The van der Waals surface area contributed by atoms with Gasteiger partial charge in [0.25, 0.3) is 0 Å². The number of allylic oxidation sites excluding steroid dienone is 4. The normalized spacial score (nSPS) is 12.6. The summed E-state index contributed by atoms with van der Waals surface area (Å²) in [7, 11) is 0. The first-order valence-electron chi connectivity index (χ1n) is 1.72. The summed E-state index contributed by atoms with van der Waals surface area (Å²) < 4.78 is 0. The topological polar surface area (TPSA) is 0 Å². The standard InChI is InChI=1S/C5H5.2Mn/c1-2-4-5-3-1;;/h1-3H,4H2;;/q-1;;. The van der Waals surface area contributed by atoms with E-state index in [1.165, 1.54) is 0 Å². The zero-order valence-electron chi connectivity index (χ0n) is 3.70. The van der Waals surface area contributed by atoms with Crippen molar-refractivity contribution in [3.63, 3.8) is 0 Å². The van der Waals surface area contributed by atoms with Crippen LogP contribution in [-0.2, 0) is 34.1 Å². The predicted octanol–water partition coefficient (Wildman–Crippen LogP) is 1.30. The van der Waals surface area contributed by atoms with E-state index in [4.69, 9.17) is 0 Å². The van der Waals surface area contributed by atoms with Gasteiger partial charge in [0.1, 0.15) is 0 Å². The molecule has 2 radical (unpaired) electrons. The molecule has 0 N–H and O–H groups in total. The molecule has 1 aliphatic rings. The molecule has 0 heterocycles. The van der Waals surface area contributed by atoms with Crippen LogP contribution in [0.3, 0.4) is 0 Å². The van der Waals surface area contributed by atoms with Gasteiger partial charge in [0.2, 0.25) is 0 Å². The summed E-state index contributed by atoms with van der Waals surface area (Å²) in [5, 5.41) is 0. The van der Waals surface area contributed by atoms with Crippen molar-refractivity contribution < 1.29 is 34.1 Å². The second kappa shape index (κ2) is 6.52.